The Balaban J connectivity index is 2.08. The van der Waals surface area contributed by atoms with E-state index in [9.17, 15) is 35.1 Å². The van der Waals surface area contributed by atoms with Gasteiger partial charge in [-0.25, -0.2) is 0 Å². The Kier molecular flexibility index (Phi) is 53.8. The van der Waals surface area contributed by atoms with Gasteiger partial charge in [-0.2, -0.15) is 0 Å². The van der Waals surface area contributed by atoms with Crippen LogP contribution in [0, 0.1) is 0 Å². The Morgan fingerprint density at radius 3 is 1.33 bits per heavy atom. The molecular formula is C68H123NO10. The molecule has 0 saturated carbocycles. The van der Waals surface area contributed by atoms with Crippen LogP contribution >= 0.6 is 0 Å². The number of hydrogen-bond acceptors (Lipinski definition) is 10. The molecule has 1 aliphatic heterocycles. The van der Waals surface area contributed by atoms with Gasteiger partial charge in [0.15, 0.2) is 6.29 Å². The highest BCUT2D eigenvalue weighted by Gasteiger charge is 2.44. The topological polar surface area (TPSA) is 175 Å². The number of aliphatic hydroxyl groups is 5. The Morgan fingerprint density at radius 1 is 0.468 bits per heavy atom. The van der Waals surface area contributed by atoms with E-state index in [0.29, 0.717) is 19.4 Å². The van der Waals surface area contributed by atoms with Crippen LogP contribution in [0.15, 0.2) is 60.8 Å². The number of allylic oxidation sites excluding steroid dienone is 9. The summed E-state index contributed by atoms with van der Waals surface area (Å²) in [6.45, 7) is 4.27. The van der Waals surface area contributed by atoms with E-state index in [0.717, 1.165) is 103 Å². The minimum atomic E-state index is -1.58. The van der Waals surface area contributed by atoms with Crippen LogP contribution < -0.4 is 5.32 Å². The van der Waals surface area contributed by atoms with Crippen LogP contribution in [0.1, 0.15) is 296 Å². The first-order valence-corrected chi connectivity index (χ1v) is 33.1. The molecule has 7 unspecified atom stereocenters. The lowest BCUT2D eigenvalue weighted by Gasteiger charge is -2.40. The van der Waals surface area contributed by atoms with Crippen LogP contribution in [0.4, 0.5) is 0 Å². The van der Waals surface area contributed by atoms with Gasteiger partial charge in [0.05, 0.1) is 32.0 Å². The predicted octanol–water partition coefficient (Wildman–Crippen LogP) is 16.2. The van der Waals surface area contributed by atoms with E-state index in [4.69, 9.17) is 14.2 Å². The molecule has 460 valence electrons. The van der Waals surface area contributed by atoms with Gasteiger partial charge in [-0.05, 0) is 89.9 Å². The molecule has 7 atom stereocenters. The van der Waals surface area contributed by atoms with Crippen LogP contribution in [0.5, 0.6) is 0 Å². The van der Waals surface area contributed by atoms with E-state index in [-0.39, 0.29) is 18.5 Å². The molecule has 6 N–H and O–H groups in total. The molecule has 0 aromatic heterocycles. The minimum absolute atomic E-state index is 0.0205. The Labute approximate surface area is 484 Å². The van der Waals surface area contributed by atoms with Crippen LogP contribution in [0.2, 0.25) is 0 Å². The van der Waals surface area contributed by atoms with E-state index in [2.05, 4.69) is 67.8 Å². The number of aliphatic hydroxyl groups excluding tert-OH is 5. The first-order valence-electron chi connectivity index (χ1n) is 33.1. The van der Waals surface area contributed by atoms with Crippen LogP contribution in [0.3, 0.4) is 0 Å². The van der Waals surface area contributed by atoms with Crippen LogP contribution in [-0.4, -0.2) is 100 Å². The second kappa shape index (κ2) is 57.2. The lowest BCUT2D eigenvalue weighted by molar-refractivity contribution is -0.302. The summed E-state index contributed by atoms with van der Waals surface area (Å²) in [5.74, 6) is -0.212. The molecule has 0 radical (unpaired) electrons. The number of nitrogens with one attached hydrogen (secondary N) is 1. The van der Waals surface area contributed by atoms with Crippen molar-refractivity contribution in [2.45, 2.75) is 339 Å². The molecular weight excluding hydrogens is 991 g/mol. The average molecular weight is 1110 g/mol. The zero-order valence-corrected chi connectivity index (χ0v) is 50.8. The number of amides is 1. The third-order valence-corrected chi connectivity index (χ3v) is 15.3. The maximum Gasteiger partial charge on any atom is 0.305 e. The summed E-state index contributed by atoms with van der Waals surface area (Å²) in [4.78, 5) is 25.1. The van der Waals surface area contributed by atoms with Crippen molar-refractivity contribution in [1.29, 1.82) is 0 Å². The molecule has 1 amide bonds. The fourth-order valence-corrected chi connectivity index (χ4v) is 10.1. The number of esters is 1. The minimum Gasteiger partial charge on any atom is -0.466 e. The quantitative estimate of drug-likeness (QED) is 0.0195. The standard InChI is InChI=1S/C68H123NO10/c1-3-5-7-9-11-13-15-17-27-31-34-38-42-46-50-54-61(71)60(59-78-68-67(76)66(75)65(74)62(58-70)79-68)69-63(72)55-51-47-43-39-35-32-28-25-23-21-19-18-20-22-24-26-29-33-37-41-45-49-53-57-77-64(73)56-52-48-44-40-36-30-16-14-12-10-8-6-4-2/h8,10,14,16,18,20-21,23,50,54,60-62,65-68,70-71,74-76H,3-7,9,11-13,15,17,19,22,24-49,51-53,55-59H2,1-2H3,(H,69,72)/b10-8-,16-14-,20-18-,23-21-,54-50+. The highest BCUT2D eigenvalue weighted by atomic mass is 16.7. The maximum atomic E-state index is 13.1. The van der Waals surface area contributed by atoms with Crippen molar-refractivity contribution in [3.8, 4) is 0 Å². The number of hydrogen-bond donors (Lipinski definition) is 6. The molecule has 0 bridgehead atoms. The number of unbranched alkanes of at least 4 members (excludes halogenated alkanes) is 35. The van der Waals surface area contributed by atoms with Gasteiger partial charge in [0.2, 0.25) is 5.91 Å². The van der Waals surface area contributed by atoms with E-state index < -0.39 is 49.5 Å². The normalized spacial score (nSPS) is 18.8. The largest absolute Gasteiger partial charge is 0.466 e. The number of rotatable bonds is 57. The summed E-state index contributed by atoms with van der Waals surface area (Å²) in [7, 11) is 0. The van der Waals surface area contributed by atoms with Crippen LogP contribution in [0.25, 0.3) is 0 Å². The van der Waals surface area contributed by atoms with E-state index in [1.165, 1.54) is 167 Å². The first-order chi connectivity index (χ1) is 38.7. The first kappa shape index (κ1) is 74.4. The van der Waals surface area contributed by atoms with Gasteiger partial charge in [-0.1, -0.05) is 254 Å². The molecule has 79 heavy (non-hydrogen) atoms. The summed E-state index contributed by atoms with van der Waals surface area (Å²) < 4.78 is 16.7. The molecule has 0 spiro atoms. The molecule has 0 aromatic carbocycles. The van der Waals surface area contributed by atoms with Crippen molar-refractivity contribution in [2.24, 2.45) is 0 Å². The number of carbonyl (C=O) groups is 2. The van der Waals surface area contributed by atoms with Gasteiger partial charge in [-0.3, -0.25) is 9.59 Å². The second-order valence-corrected chi connectivity index (χ2v) is 22.8. The molecule has 1 rings (SSSR count). The molecule has 11 heteroatoms. The highest BCUT2D eigenvalue weighted by molar-refractivity contribution is 5.76. The fourth-order valence-electron chi connectivity index (χ4n) is 10.1. The van der Waals surface area contributed by atoms with Gasteiger partial charge in [0.1, 0.15) is 24.4 Å². The van der Waals surface area contributed by atoms with Gasteiger partial charge in [0.25, 0.3) is 0 Å². The summed E-state index contributed by atoms with van der Waals surface area (Å²) in [5.41, 5.74) is 0. The zero-order chi connectivity index (χ0) is 57.3. The van der Waals surface area contributed by atoms with Crippen molar-refractivity contribution in [3.63, 3.8) is 0 Å². The van der Waals surface area contributed by atoms with Gasteiger partial charge < -0.3 is 45.1 Å². The molecule has 1 aliphatic rings. The second-order valence-electron chi connectivity index (χ2n) is 22.8. The van der Waals surface area contributed by atoms with Crippen molar-refractivity contribution in [2.75, 3.05) is 19.8 Å². The zero-order valence-electron chi connectivity index (χ0n) is 50.8. The maximum absolute atomic E-state index is 13.1. The molecule has 1 saturated heterocycles. The summed E-state index contributed by atoms with van der Waals surface area (Å²) in [5, 5.41) is 54.5. The van der Waals surface area contributed by atoms with Crippen molar-refractivity contribution in [1.82, 2.24) is 5.32 Å². The number of ether oxygens (including phenoxy) is 3. The lowest BCUT2D eigenvalue weighted by Crippen LogP contribution is -2.60. The van der Waals surface area contributed by atoms with E-state index >= 15 is 0 Å². The van der Waals surface area contributed by atoms with Gasteiger partial charge in [-0.15, -0.1) is 0 Å². The Bertz CT molecular complexity index is 1500. The van der Waals surface area contributed by atoms with Crippen molar-refractivity contribution < 1.29 is 49.3 Å². The predicted molar refractivity (Wildman–Crippen MR) is 329 cm³/mol. The molecule has 0 aromatic rings. The fraction of sp³-hybridized carbons (Fsp3) is 0.824. The van der Waals surface area contributed by atoms with Gasteiger partial charge >= 0.3 is 5.97 Å². The Hall–Kier alpha value is -2.64. The van der Waals surface area contributed by atoms with Crippen molar-refractivity contribution in [3.05, 3.63) is 60.8 Å². The lowest BCUT2D eigenvalue weighted by atomic mass is 9.99. The average Bonchev–Trinajstić information content (AvgIpc) is 3.46. The smallest absolute Gasteiger partial charge is 0.305 e. The summed E-state index contributed by atoms with van der Waals surface area (Å²) >= 11 is 0. The third kappa shape index (κ3) is 46.5. The van der Waals surface area contributed by atoms with E-state index in [1.807, 2.05) is 6.08 Å². The molecule has 11 nitrogen and oxygen atoms in total. The summed E-state index contributed by atoms with van der Waals surface area (Å²) in [6.07, 6.45) is 64.6. The third-order valence-electron chi connectivity index (χ3n) is 15.3. The van der Waals surface area contributed by atoms with E-state index in [1.54, 1.807) is 6.08 Å². The monoisotopic (exact) mass is 1110 g/mol. The van der Waals surface area contributed by atoms with Crippen molar-refractivity contribution >= 4 is 11.9 Å². The highest BCUT2D eigenvalue weighted by Crippen LogP contribution is 2.23. The number of carbonyl (C=O) groups excluding carboxylic acids is 2. The molecule has 1 heterocycles. The Morgan fingerprint density at radius 2 is 0.873 bits per heavy atom. The van der Waals surface area contributed by atoms with Gasteiger partial charge in [0, 0.05) is 12.8 Å². The molecule has 1 fully saturated rings. The van der Waals surface area contributed by atoms with Crippen LogP contribution in [-0.2, 0) is 23.8 Å². The SMILES string of the molecule is CCC/C=C\C/C=C\CCCCCCCC(=O)OCCCCCCCCCCC/C=C\C/C=C\CCCCCCCCCC(=O)NC(COC1OC(CO)C(O)C(O)C1O)C(O)/C=C/CCCCCCCCCCCCCCC. The summed E-state index contributed by atoms with van der Waals surface area (Å²) in [6, 6.07) is -0.819. The molecule has 0 aliphatic carbocycles.